The van der Waals surface area contributed by atoms with Gasteiger partial charge in [-0.15, -0.1) is 0 Å². The maximum atomic E-state index is 2.79. The SMILES string of the molecule is CCN(C(C)(C)CCC(C)(C)N(C(C)C)C(C)(C)C)C(C)(C)CCC(C)(CC)N(C)C(C)(C)C. The first-order valence-electron chi connectivity index (χ1n) is 14.2. The molecule has 34 heavy (non-hydrogen) atoms. The summed E-state index contributed by atoms with van der Waals surface area (Å²) in [4.78, 5) is 8.11. The molecule has 0 aliphatic rings. The lowest BCUT2D eigenvalue weighted by molar-refractivity contribution is -0.0375. The molecule has 0 rings (SSSR count). The van der Waals surface area contributed by atoms with Crippen LogP contribution in [-0.2, 0) is 0 Å². The molecule has 3 heteroatoms. The molecule has 0 N–H and O–H groups in total. The van der Waals surface area contributed by atoms with Crippen molar-refractivity contribution >= 4 is 0 Å². The monoisotopic (exact) mass is 482 g/mol. The Kier molecular flexibility index (Phi) is 11.5. The van der Waals surface area contributed by atoms with Gasteiger partial charge in [-0.25, -0.2) is 0 Å². The maximum absolute atomic E-state index is 2.79. The van der Waals surface area contributed by atoms with Crippen molar-refractivity contribution in [3.05, 3.63) is 0 Å². The Morgan fingerprint density at radius 3 is 1.24 bits per heavy atom. The average molecular weight is 482 g/mol. The van der Waals surface area contributed by atoms with Gasteiger partial charge in [-0.3, -0.25) is 14.7 Å². The number of hydrogen-bond acceptors (Lipinski definition) is 3. The van der Waals surface area contributed by atoms with E-state index in [1.807, 2.05) is 0 Å². The van der Waals surface area contributed by atoms with E-state index in [-0.39, 0.29) is 33.2 Å². The van der Waals surface area contributed by atoms with Gasteiger partial charge < -0.3 is 0 Å². The summed E-state index contributed by atoms with van der Waals surface area (Å²) in [6.45, 7) is 41.9. The standard InChI is InChI=1S/C31H67N3/c1-19-31(17,32(18)26(5,6)7)24-23-29(13,14)33(20-2)28(11,12)21-22-30(15,16)34(25(3)4)27(8,9)10/h25H,19-24H2,1-18H3. The lowest BCUT2D eigenvalue weighted by atomic mass is 9.79. The number of hydrogen-bond donors (Lipinski definition) is 0. The van der Waals surface area contributed by atoms with Crippen molar-refractivity contribution in [3.63, 3.8) is 0 Å². The van der Waals surface area contributed by atoms with E-state index in [9.17, 15) is 0 Å². The van der Waals surface area contributed by atoms with E-state index in [2.05, 4.69) is 139 Å². The van der Waals surface area contributed by atoms with Crippen LogP contribution < -0.4 is 0 Å². The van der Waals surface area contributed by atoms with Crippen molar-refractivity contribution in [1.82, 2.24) is 14.7 Å². The third-order valence-corrected chi connectivity index (χ3v) is 8.87. The van der Waals surface area contributed by atoms with E-state index in [0.29, 0.717) is 6.04 Å². The Hall–Kier alpha value is -0.120. The van der Waals surface area contributed by atoms with Crippen LogP contribution >= 0.6 is 0 Å². The predicted molar refractivity (Wildman–Crippen MR) is 156 cm³/mol. The van der Waals surface area contributed by atoms with E-state index in [0.717, 1.165) is 6.54 Å². The highest BCUT2D eigenvalue weighted by atomic mass is 15.3. The molecule has 1 unspecified atom stereocenters. The van der Waals surface area contributed by atoms with Crippen molar-refractivity contribution < 1.29 is 0 Å². The molecule has 0 aromatic rings. The third-order valence-electron chi connectivity index (χ3n) is 8.87. The minimum atomic E-state index is 0.147. The zero-order valence-electron chi connectivity index (χ0n) is 27.2. The summed E-state index contributed by atoms with van der Waals surface area (Å²) in [5.74, 6) is 0. The zero-order chi connectivity index (χ0) is 27.6. The van der Waals surface area contributed by atoms with Gasteiger partial charge in [0.25, 0.3) is 0 Å². The third kappa shape index (κ3) is 8.77. The van der Waals surface area contributed by atoms with Gasteiger partial charge in [0.2, 0.25) is 0 Å². The van der Waals surface area contributed by atoms with Crippen LogP contribution in [0.2, 0.25) is 0 Å². The maximum Gasteiger partial charge on any atom is 0.0181 e. The topological polar surface area (TPSA) is 9.72 Å². The van der Waals surface area contributed by atoms with Crippen molar-refractivity contribution in [2.45, 2.75) is 189 Å². The lowest BCUT2D eigenvalue weighted by Crippen LogP contribution is -2.60. The van der Waals surface area contributed by atoms with Gasteiger partial charge in [0.05, 0.1) is 0 Å². The van der Waals surface area contributed by atoms with Gasteiger partial charge in [0.1, 0.15) is 0 Å². The molecule has 0 fully saturated rings. The van der Waals surface area contributed by atoms with Crippen molar-refractivity contribution in [3.8, 4) is 0 Å². The van der Waals surface area contributed by atoms with E-state index in [4.69, 9.17) is 0 Å². The minimum absolute atomic E-state index is 0.147. The molecule has 0 aromatic carbocycles. The second-order valence-corrected chi connectivity index (χ2v) is 15.4. The van der Waals surface area contributed by atoms with Gasteiger partial charge in [-0.05, 0) is 150 Å². The molecule has 0 saturated carbocycles. The highest BCUT2D eigenvalue weighted by Crippen LogP contribution is 2.39. The summed E-state index contributed by atoms with van der Waals surface area (Å²) in [7, 11) is 2.32. The Balaban J connectivity index is 5.67. The molecular weight excluding hydrogens is 414 g/mol. The summed E-state index contributed by atoms with van der Waals surface area (Å²) in [6.07, 6.45) is 6.00. The van der Waals surface area contributed by atoms with Gasteiger partial charge in [-0.1, -0.05) is 13.8 Å². The Morgan fingerprint density at radius 2 is 0.941 bits per heavy atom. The van der Waals surface area contributed by atoms with Crippen LogP contribution in [0.3, 0.4) is 0 Å². The second kappa shape index (κ2) is 11.5. The van der Waals surface area contributed by atoms with Crippen LogP contribution in [0.15, 0.2) is 0 Å². The fourth-order valence-electron chi connectivity index (χ4n) is 7.03. The molecule has 1 atom stereocenters. The summed E-state index contributed by atoms with van der Waals surface area (Å²) in [5.41, 5.74) is 1.01. The Bertz CT molecular complexity index is 603. The largest absolute Gasteiger partial charge is 0.296 e. The molecule has 206 valence electrons. The van der Waals surface area contributed by atoms with Gasteiger partial charge in [-0.2, -0.15) is 0 Å². The van der Waals surface area contributed by atoms with Gasteiger partial charge in [0, 0.05) is 39.3 Å². The predicted octanol–water partition coefficient (Wildman–Crippen LogP) is 8.61. The summed E-state index contributed by atoms with van der Waals surface area (Å²) in [6, 6.07) is 0.531. The van der Waals surface area contributed by atoms with E-state index in [1.54, 1.807) is 0 Å². The molecule has 0 radical (unpaired) electrons. The fraction of sp³-hybridized carbons (Fsp3) is 1.00. The first-order chi connectivity index (χ1) is 14.9. The van der Waals surface area contributed by atoms with Crippen LogP contribution in [0, 0.1) is 0 Å². The van der Waals surface area contributed by atoms with E-state index < -0.39 is 0 Å². The molecule has 0 amide bonds. The number of nitrogens with zero attached hydrogens (tertiary/aromatic N) is 3. The average Bonchev–Trinajstić information content (AvgIpc) is 2.61. The van der Waals surface area contributed by atoms with Crippen LogP contribution in [-0.4, -0.2) is 67.6 Å². The molecule has 0 bridgehead atoms. The van der Waals surface area contributed by atoms with Gasteiger partial charge in [0.15, 0.2) is 0 Å². The first kappa shape index (κ1) is 33.9. The van der Waals surface area contributed by atoms with Crippen molar-refractivity contribution in [1.29, 1.82) is 0 Å². The van der Waals surface area contributed by atoms with Crippen LogP contribution in [0.5, 0.6) is 0 Å². The highest BCUT2D eigenvalue weighted by molar-refractivity contribution is 4.99. The van der Waals surface area contributed by atoms with Crippen LogP contribution in [0.1, 0.15) is 150 Å². The quantitative estimate of drug-likeness (QED) is 0.261. The normalized spacial score (nSPS) is 16.8. The second-order valence-electron chi connectivity index (χ2n) is 15.4. The van der Waals surface area contributed by atoms with E-state index in [1.165, 1.54) is 32.1 Å². The first-order valence-corrected chi connectivity index (χ1v) is 14.2. The molecule has 0 heterocycles. The molecule has 0 aliphatic heterocycles. The Morgan fingerprint density at radius 1 is 0.559 bits per heavy atom. The van der Waals surface area contributed by atoms with Crippen LogP contribution in [0.4, 0.5) is 0 Å². The number of rotatable bonds is 13. The summed E-state index contributed by atoms with van der Waals surface area (Å²) < 4.78 is 0. The fourth-order valence-corrected chi connectivity index (χ4v) is 7.03. The zero-order valence-corrected chi connectivity index (χ0v) is 27.2. The van der Waals surface area contributed by atoms with Gasteiger partial charge >= 0.3 is 0 Å². The molecular formula is C31H67N3. The smallest absolute Gasteiger partial charge is 0.0181 e. The molecule has 0 spiro atoms. The lowest BCUT2D eigenvalue weighted by Gasteiger charge is -2.54. The molecule has 0 saturated heterocycles. The van der Waals surface area contributed by atoms with Crippen molar-refractivity contribution in [2.75, 3.05) is 13.6 Å². The van der Waals surface area contributed by atoms with Crippen molar-refractivity contribution in [2.24, 2.45) is 0 Å². The summed E-state index contributed by atoms with van der Waals surface area (Å²) in [5, 5.41) is 0. The summed E-state index contributed by atoms with van der Waals surface area (Å²) >= 11 is 0. The minimum Gasteiger partial charge on any atom is -0.296 e. The van der Waals surface area contributed by atoms with E-state index >= 15 is 0 Å². The highest BCUT2D eigenvalue weighted by Gasteiger charge is 2.42. The Labute approximate surface area is 217 Å². The van der Waals surface area contributed by atoms with Crippen LogP contribution in [0.25, 0.3) is 0 Å². The molecule has 0 aliphatic carbocycles. The molecule has 3 nitrogen and oxygen atoms in total. The molecule has 0 aromatic heterocycles.